The van der Waals surface area contributed by atoms with Crippen LogP contribution in [0.2, 0.25) is 5.02 Å². The summed E-state index contributed by atoms with van der Waals surface area (Å²) in [5, 5.41) is 7.30. The van der Waals surface area contributed by atoms with Gasteiger partial charge in [0.25, 0.3) is 0 Å². The van der Waals surface area contributed by atoms with E-state index in [4.69, 9.17) is 11.6 Å². The summed E-state index contributed by atoms with van der Waals surface area (Å²) in [4.78, 5) is 11.3. The number of rotatable bonds is 6. The van der Waals surface area contributed by atoms with Gasteiger partial charge in [0.2, 0.25) is 5.95 Å². The molecule has 0 aliphatic carbocycles. The quantitative estimate of drug-likeness (QED) is 0.625. The molecule has 3 aromatic rings. The van der Waals surface area contributed by atoms with Gasteiger partial charge in [-0.25, -0.2) is 4.98 Å². The van der Waals surface area contributed by atoms with E-state index in [-0.39, 0.29) is 0 Å². The maximum absolute atomic E-state index is 6.20. The van der Waals surface area contributed by atoms with E-state index in [1.54, 1.807) is 6.20 Å². The van der Waals surface area contributed by atoms with Crippen molar-refractivity contribution >= 4 is 34.7 Å². The first-order valence-electron chi connectivity index (χ1n) is 9.20. The van der Waals surface area contributed by atoms with Gasteiger partial charge in [0.15, 0.2) is 0 Å². The molecular weight excluding hydrogens is 358 g/mol. The van der Waals surface area contributed by atoms with Crippen LogP contribution in [0.4, 0.5) is 23.1 Å². The highest BCUT2D eigenvalue weighted by atomic mass is 35.5. The smallest absolute Gasteiger partial charge is 0.229 e. The van der Waals surface area contributed by atoms with Gasteiger partial charge >= 0.3 is 0 Å². The molecule has 0 bridgehead atoms. The number of anilines is 4. The first kappa shape index (κ1) is 17.6. The van der Waals surface area contributed by atoms with Crippen molar-refractivity contribution in [3.8, 4) is 0 Å². The molecule has 2 aromatic carbocycles. The second-order valence-corrected chi connectivity index (χ2v) is 6.98. The predicted octanol–water partition coefficient (Wildman–Crippen LogP) is 5.09. The third-order valence-electron chi connectivity index (χ3n) is 4.67. The van der Waals surface area contributed by atoms with Gasteiger partial charge < -0.3 is 15.5 Å². The second-order valence-electron chi connectivity index (χ2n) is 6.58. The van der Waals surface area contributed by atoms with Crippen LogP contribution in [-0.4, -0.2) is 23.1 Å². The molecule has 6 heteroatoms. The number of aromatic nitrogens is 2. The predicted molar refractivity (Wildman–Crippen MR) is 112 cm³/mol. The molecule has 4 rings (SSSR count). The summed E-state index contributed by atoms with van der Waals surface area (Å²) in [6.07, 6.45) is 4.30. The van der Waals surface area contributed by atoms with E-state index in [1.807, 2.05) is 30.3 Å². The van der Waals surface area contributed by atoms with E-state index in [0.717, 1.165) is 35.2 Å². The summed E-state index contributed by atoms with van der Waals surface area (Å²) < 4.78 is 0. The Morgan fingerprint density at radius 1 is 0.963 bits per heavy atom. The molecule has 0 spiro atoms. The van der Waals surface area contributed by atoms with Crippen molar-refractivity contribution in [2.24, 2.45) is 0 Å². The van der Waals surface area contributed by atoms with Crippen LogP contribution in [0.1, 0.15) is 18.4 Å². The Morgan fingerprint density at radius 3 is 2.52 bits per heavy atom. The Bertz CT molecular complexity index is 891. The Kier molecular flexibility index (Phi) is 5.39. The van der Waals surface area contributed by atoms with Gasteiger partial charge in [-0.2, -0.15) is 4.98 Å². The summed E-state index contributed by atoms with van der Waals surface area (Å²) in [6, 6.07) is 18.1. The average Bonchev–Trinajstić information content (AvgIpc) is 3.23. The molecule has 0 atom stereocenters. The Morgan fingerprint density at radius 2 is 1.74 bits per heavy atom. The third kappa shape index (κ3) is 4.49. The molecule has 27 heavy (non-hydrogen) atoms. The molecular formula is C21H22ClN5. The number of halogens is 1. The monoisotopic (exact) mass is 379 g/mol. The van der Waals surface area contributed by atoms with Crippen molar-refractivity contribution in [2.75, 3.05) is 28.6 Å². The number of nitrogens with zero attached hydrogens (tertiary/aromatic N) is 3. The SMILES string of the molecule is Clc1ccccc1CNc1ccnc(Nc2ccc(N3CCCC3)cc2)n1. The van der Waals surface area contributed by atoms with E-state index in [2.05, 4.69) is 49.8 Å². The van der Waals surface area contributed by atoms with Gasteiger partial charge in [-0.05, 0) is 54.8 Å². The summed E-state index contributed by atoms with van der Waals surface area (Å²) in [5.41, 5.74) is 3.28. The minimum atomic E-state index is 0.563. The molecule has 1 saturated heterocycles. The zero-order chi connectivity index (χ0) is 18.5. The maximum Gasteiger partial charge on any atom is 0.229 e. The fourth-order valence-electron chi connectivity index (χ4n) is 3.20. The molecule has 1 fully saturated rings. The lowest BCUT2D eigenvalue weighted by Gasteiger charge is -2.17. The van der Waals surface area contributed by atoms with Crippen molar-refractivity contribution in [2.45, 2.75) is 19.4 Å². The molecule has 1 aromatic heterocycles. The molecule has 138 valence electrons. The zero-order valence-electron chi connectivity index (χ0n) is 15.0. The Balaban J connectivity index is 1.39. The van der Waals surface area contributed by atoms with E-state index in [0.29, 0.717) is 12.5 Å². The van der Waals surface area contributed by atoms with Gasteiger partial charge in [0.05, 0.1) is 0 Å². The van der Waals surface area contributed by atoms with Crippen molar-refractivity contribution in [3.05, 3.63) is 71.4 Å². The van der Waals surface area contributed by atoms with Gasteiger partial charge in [-0.3, -0.25) is 0 Å². The normalized spacial score (nSPS) is 13.6. The fraction of sp³-hybridized carbons (Fsp3) is 0.238. The molecule has 0 radical (unpaired) electrons. The molecule has 0 amide bonds. The van der Waals surface area contributed by atoms with E-state index >= 15 is 0 Å². The van der Waals surface area contributed by atoms with Gasteiger partial charge in [0, 0.05) is 42.2 Å². The zero-order valence-corrected chi connectivity index (χ0v) is 15.8. The van der Waals surface area contributed by atoms with Crippen LogP contribution in [-0.2, 0) is 6.54 Å². The van der Waals surface area contributed by atoms with Crippen LogP contribution in [0.15, 0.2) is 60.8 Å². The molecule has 0 saturated carbocycles. The standard InChI is InChI=1S/C21H22ClN5/c22-19-6-2-1-5-16(19)15-24-20-11-12-23-21(26-20)25-17-7-9-18(10-8-17)27-13-3-4-14-27/h1-2,5-12H,3-4,13-15H2,(H2,23,24,25,26). The van der Waals surface area contributed by atoms with E-state index in [1.165, 1.54) is 18.5 Å². The first-order valence-corrected chi connectivity index (χ1v) is 9.58. The second kappa shape index (κ2) is 8.27. The van der Waals surface area contributed by atoms with Crippen molar-refractivity contribution in [3.63, 3.8) is 0 Å². The molecule has 0 unspecified atom stereocenters. The lowest BCUT2D eigenvalue weighted by molar-refractivity contribution is 0.949. The van der Waals surface area contributed by atoms with Gasteiger partial charge in [-0.1, -0.05) is 29.8 Å². The highest BCUT2D eigenvalue weighted by molar-refractivity contribution is 6.31. The van der Waals surface area contributed by atoms with Crippen LogP contribution >= 0.6 is 11.6 Å². The van der Waals surface area contributed by atoms with Crippen molar-refractivity contribution in [1.29, 1.82) is 0 Å². The maximum atomic E-state index is 6.20. The number of hydrogen-bond acceptors (Lipinski definition) is 5. The summed E-state index contributed by atoms with van der Waals surface area (Å²) in [7, 11) is 0. The topological polar surface area (TPSA) is 53.1 Å². The summed E-state index contributed by atoms with van der Waals surface area (Å²) in [6.45, 7) is 2.91. The fourth-order valence-corrected chi connectivity index (χ4v) is 3.41. The Labute approximate surface area is 164 Å². The Hall–Kier alpha value is -2.79. The van der Waals surface area contributed by atoms with Crippen LogP contribution in [0.3, 0.4) is 0 Å². The van der Waals surface area contributed by atoms with E-state index in [9.17, 15) is 0 Å². The molecule has 1 aliphatic rings. The van der Waals surface area contributed by atoms with Crippen LogP contribution in [0.25, 0.3) is 0 Å². The van der Waals surface area contributed by atoms with Crippen LogP contribution in [0.5, 0.6) is 0 Å². The number of benzene rings is 2. The largest absolute Gasteiger partial charge is 0.372 e. The molecule has 2 N–H and O–H groups in total. The molecule has 2 heterocycles. The van der Waals surface area contributed by atoms with E-state index < -0.39 is 0 Å². The number of hydrogen-bond donors (Lipinski definition) is 2. The van der Waals surface area contributed by atoms with Crippen molar-refractivity contribution in [1.82, 2.24) is 9.97 Å². The van der Waals surface area contributed by atoms with Gasteiger partial charge in [-0.15, -0.1) is 0 Å². The van der Waals surface area contributed by atoms with Crippen LogP contribution in [0, 0.1) is 0 Å². The lowest BCUT2D eigenvalue weighted by atomic mass is 10.2. The van der Waals surface area contributed by atoms with Crippen molar-refractivity contribution < 1.29 is 0 Å². The highest BCUT2D eigenvalue weighted by Gasteiger charge is 2.11. The minimum absolute atomic E-state index is 0.563. The first-order chi connectivity index (χ1) is 13.3. The highest BCUT2D eigenvalue weighted by Crippen LogP contribution is 2.23. The van der Waals surface area contributed by atoms with Crippen LogP contribution < -0.4 is 15.5 Å². The number of nitrogens with one attached hydrogen (secondary N) is 2. The lowest BCUT2D eigenvalue weighted by Crippen LogP contribution is -2.17. The molecule has 5 nitrogen and oxygen atoms in total. The van der Waals surface area contributed by atoms with Gasteiger partial charge in [0.1, 0.15) is 5.82 Å². The summed E-state index contributed by atoms with van der Waals surface area (Å²) in [5.74, 6) is 1.31. The third-order valence-corrected chi connectivity index (χ3v) is 5.04. The average molecular weight is 380 g/mol. The molecule has 1 aliphatic heterocycles. The minimum Gasteiger partial charge on any atom is -0.372 e. The summed E-state index contributed by atoms with van der Waals surface area (Å²) >= 11 is 6.20.